The number of halogens is 1. The predicted molar refractivity (Wildman–Crippen MR) is 273 cm³/mol. The van der Waals surface area contributed by atoms with Gasteiger partial charge in [-0.15, -0.1) is 0 Å². The SMILES string of the molecule is CC[C@H]1C(=O)OCc2c1cc1n(c2=O)Cc2c-1nc1cc(F)c(C)c3c1c2[C@@H](NC(=O)C(OCNC(=O)CNC(=O)[C@H](Cc1ccccc1)NC(=O)CNC(=O)CNC(=O)CCCCCN1C(=O)C=CC1=O)C1CC1)CC3. The molecule has 8 amide bonds. The molecule has 4 aromatic rings. The summed E-state index contributed by atoms with van der Waals surface area (Å²) in [5.74, 6) is -5.79. The summed E-state index contributed by atoms with van der Waals surface area (Å²) in [6, 6.07) is 10.3. The van der Waals surface area contributed by atoms with Crippen molar-refractivity contribution in [2.45, 2.75) is 115 Å². The number of aromatic nitrogens is 2. The van der Waals surface area contributed by atoms with Gasteiger partial charge in [0.25, 0.3) is 17.4 Å². The zero-order chi connectivity index (χ0) is 54.5. The van der Waals surface area contributed by atoms with E-state index in [0.29, 0.717) is 90.5 Å². The summed E-state index contributed by atoms with van der Waals surface area (Å²) in [6.07, 6.45) is 5.91. The molecule has 3 aliphatic heterocycles. The second-order valence-corrected chi connectivity index (χ2v) is 20.0. The summed E-state index contributed by atoms with van der Waals surface area (Å²) in [5, 5.41) is 16.5. The first-order chi connectivity index (χ1) is 37.1. The molecule has 21 nitrogen and oxygen atoms in total. The first kappa shape index (κ1) is 53.7. The van der Waals surface area contributed by atoms with Gasteiger partial charge >= 0.3 is 5.97 Å². The van der Waals surface area contributed by atoms with E-state index in [0.717, 1.165) is 27.0 Å². The molecule has 2 aromatic carbocycles. The van der Waals surface area contributed by atoms with Gasteiger partial charge in [-0.05, 0) is 91.7 Å². The minimum atomic E-state index is -1.15. The highest BCUT2D eigenvalue weighted by atomic mass is 19.1. The van der Waals surface area contributed by atoms with Crippen LogP contribution in [0.5, 0.6) is 0 Å². The number of benzene rings is 2. The van der Waals surface area contributed by atoms with Gasteiger partial charge in [-0.2, -0.15) is 0 Å². The van der Waals surface area contributed by atoms with Crippen LogP contribution in [0.4, 0.5) is 4.39 Å². The number of ether oxygens (including phenoxy) is 2. The van der Waals surface area contributed by atoms with Crippen LogP contribution in [0, 0.1) is 18.7 Å². The maximum absolute atomic E-state index is 15.5. The highest BCUT2D eigenvalue weighted by Crippen LogP contribution is 2.46. The number of hydrogen-bond acceptors (Lipinski definition) is 13. The first-order valence-electron chi connectivity index (χ1n) is 26.0. The van der Waals surface area contributed by atoms with Crippen LogP contribution in [0.25, 0.3) is 22.3 Å². The lowest BCUT2D eigenvalue weighted by molar-refractivity contribution is -0.148. The zero-order valence-corrected chi connectivity index (χ0v) is 42.7. The summed E-state index contributed by atoms with van der Waals surface area (Å²) in [5.41, 5.74) is 5.49. The number of rotatable bonds is 23. The lowest BCUT2D eigenvalue weighted by Gasteiger charge is -2.31. The largest absolute Gasteiger partial charge is 0.460 e. The molecule has 0 radical (unpaired) electrons. The van der Waals surface area contributed by atoms with Crippen LogP contribution in [0.15, 0.2) is 59.4 Å². The van der Waals surface area contributed by atoms with Crippen LogP contribution in [0.1, 0.15) is 109 Å². The average molecular weight is 1060 g/mol. The van der Waals surface area contributed by atoms with Crippen molar-refractivity contribution in [2.75, 3.05) is 32.9 Å². The highest BCUT2D eigenvalue weighted by molar-refractivity contribution is 6.12. The Morgan fingerprint density at radius 3 is 2.27 bits per heavy atom. The Morgan fingerprint density at radius 1 is 0.818 bits per heavy atom. The highest BCUT2D eigenvalue weighted by Gasteiger charge is 2.41. The molecule has 77 heavy (non-hydrogen) atoms. The molecule has 4 atom stereocenters. The molecular weight excluding hydrogens is 998 g/mol. The number of aryl methyl sites for hydroxylation is 1. The molecule has 404 valence electrons. The molecule has 6 N–H and O–H groups in total. The molecule has 2 aliphatic carbocycles. The van der Waals surface area contributed by atoms with Gasteiger partial charge in [0, 0.05) is 48.6 Å². The summed E-state index contributed by atoms with van der Waals surface area (Å²) in [4.78, 5) is 135. The van der Waals surface area contributed by atoms with E-state index in [4.69, 9.17) is 14.5 Å². The van der Waals surface area contributed by atoms with Crippen LogP contribution in [0.2, 0.25) is 0 Å². The fraction of sp³-hybridized carbons (Fsp3) is 0.436. The first-order valence-corrected chi connectivity index (χ1v) is 26.0. The predicted octanol–water partition coefficient (Wildman–Crippen LogP) is 1.96. The average Bonchev–Trinajstić information content (AvgIpc) is 4.28. The van der Waals surface area contributed by atoms with E-state index in [1.165, 1.54) is 18.2 Å². The van der Waals surface area contributed by atoms with Gasteiger partial charge in [-0.3, -0.25) is 52.8 Å². The van der Waals surface area contributed by atoms with E-state index in [-0.39, 0.29) is 62.6 Å². The Kier molecular flexibility index (Phi) is 16.3. The molecule has 1 fully saturated rings. The fourth-order valence-electron chi connectivity index (χ4n) is 10.6. The van der Waals surface area contributed by atoms with Crippen molar-refractivity contribution in [3.05, 3.63) is 110 Å². The Morgan fingerprint density at radius 2 is 1.53 bits per heavy atom. The summed E-state index contributed by atoms with van der Waals surface area (Å²) in [6.45, 7) is 2.04. The maximum Gasteiger partial charge on any atom is 0.313 e. The number of nitrogens with one attached hydrogen (secondary N) is 6. The molecule has 2 aromatic heterocycles. The van der Waals surface area contributed by atoms with Crippen LogP contribution in [-0.2, 0) is 78.6 Å². The second-order valence-electron chi connectivity index (χ2n) is 20.0. The standard InChI is InChI=1S/C55H60FN9O12/c1-3-32-34-21-41-50-35(26-65(41)54(74)36(34)27-76-55(32)75)49-38(16-15-33-29(2)37(56)22-39(62-50)48(33)49)63-53(73)51(31-13-14-31)77-28-60-44(68)24-59-52(72)40(20-30-10-6-4-7-11-30)61-45(69)25-58-43(67)23-57-42(66)12-8-5-9-19-64-46(70)17-18-47(64)71/h4,6-7,10-11,17-18,21-22,31-32,38,40,51H,3,5,8-9,12-16,19-20,23-28H2,1-2H3,(H,57,66)(H,58,67)(H,59,72)(H,60,68)(H,61,69)(H,63,73)/t32-,38+,40+,51?/m1/s1. The van der Waals surface area contributed by atoms with Gasteiger partial charge in [-0.1, -0.05) is 43.7 Å². The molecule has 9 rings (SSSR count). The maximum atomic E-state index is 15.5. The third-order valence-electron chi connectivity index (χ3n) is 14.8. The molecular formula is C55H60FN9O12. The number of nitrogens with zero attached hydrogens (tertiary/aromatic N) is 3. The number of esters is 1. The zero-order valence-electron chi connectivity index (χ0n) is 42.7. The molecule has 1 unspecified atom stereocenters. The molecule has 22 heteroatoms. The van der Waals surface area contributed by atoms with Gasteiger partial charge in [0.1, 0.15) is 31.3 Å². The molecule has 5 aliphatic rings. The number of unbranched alkanes of at least 4 members (excludes halogenated alkanes) is 2. The molecule has 0 bridgehead atoms. The van der Waals surface area contributed by atoms with Crippen molar-refractivity contribution in [2.24, 2.45) is 5.92 Å². The third-order valence-corrected chi connectivity index (χ3v) is 14.8. The minimum absolute atomic E-state index is 0.0496. The third kappa shape index (κ3) is 12.0. The van der Waals surface area contributed by atoms with Crippen molar-refractivity contribution >= 4 is 64.1 Å². The van der Waals surface area contributed by atoms with E-state index >= 15 is 4.39 Å². The van der Waals surface area contributed by atoms with Gasteiger partial charge in [-0.25, -0.2) is 9.37 Å². The van der Waals surface area contributed by atoms with Gasteiger partial charge in [0.2, 0.25) is 35.4 Å². The lowest BCUT2D eigenvalue weighted by atomic mass is 9.81. The molecule has 5 heterocycles. The number of pyridine rings is 2. The second kappa shape index (κ2) is 23.4. The molecule has 0 saturated heterocycles. The van der Waals surface area contributed by atoms with Crippen molar-refractivity contribution < 1.29 is 57.0 Å². The molecule has 0 spiro atoms. The van der Waals surface area contributed by atoms with Gasteiger partial charge in [0.15, 0.2) is 0 Å². The van der Waals surface area contributed by atoms with Crippen molar-refractivity contribution in [1.82, 2.24) is 46.4 Å². The van der Waals surface area contributed by atoms with E-state index in [1.807, 2.05) is 13.0 Å². The summed E-state index contributed by atoms with van der Waals surface area (Å²) >= 11 is 0. The number of carbonyl (C=O) groups is 9. The van der Waals surface area contributed by atoms with Crippen molar-refractivity contribution in [1.29, 1.82) is 0 Å². The number of carbonyl (C=O) groups excluding carboxylic acids is 9. The Hall–Kier alpha value is -8.14. The van der Waals surface area contributed by atoms with E-state index in [9.17, 15) is 47.9 Å². The van der Waals surface area contributed by atoms with Crippen molar-refractivity contribution in [3.8, 4) is 11.4 Å². The fourth-order valence-corrected chi connectivity index (χ4v) is 10.6. The van der Waals surface area contributed by atoms with Crippen LogP contribution in [-0.4, -0.2) is 113 Å². The summed E-state index contributed by atoms with van der Waals surface area (Å²) in [7, 11) is 0. The van der Waals surface area contributed by atoms with E-state index < -0.39 is 91.0 Å². The van der Waals surface area contributed by atoms with Crippen LogP contribution in [0.3, 0.4) is 0 Å². The summed E-state index contributed by atoms with van der Waals surface area (Å²) < 4.78 is 28.5. The normalized spacial score (nSPS) is 17.6. The minimum Gasteiger partial charge on any atom is -0.460 e. The van der Waals surface area contributed by atoms with Gasteiger partial charge < -0.3 is 45.9 Å². The lowest BCUT2D eigenvalue weighted by Crippen LogP contribution is -2.52. The van der Waals surface area contributed by atoms with Crippen LogP contribution < -0.4 is 37.5 Å². The number of fused-ring (bicyclic) bond motifs is 5. The van der Waals surface area contributed by atoms with Gasteiger partial charge in [0.05, 0.1) is 60.6 Å². The van der Waals surface area contributed by atoms with E-state index in [2.05, 4.69) is 31.9 Å². The van der Waals surface area contributed by atoms with E-state index in [1.54, 1.807) is 41.8 Å². The quantitative estimate of drug-likeness (QED) is 0.0237. The topological polar surface area (TPSA) is 282 Å². The molecule has 1 saturated carbocycles. The Labute approximate surface area is 441 Å². The van der Waals surface area contributed by atoms with Crippen molar-refractivity contribution in [3.63, 3.8) is 0 Å². The van der Waals surface area contributed by atoms with Crippen LogP contribution >= 0.6 is 0 Å². The smallest absolute Gasteiger partial charge is 0.313 e. The number of hydrogen-bond donors (Lipinski definition) is 6. The number of imide groups is 1. The number of amides is 8. The monoisotopic (exact) mass is 1060 g/mol. The Bertz CT molecular complexity index is 3160. The Balaban J connectivity index is 0.771. The number of cyclic esters (lactones) is 1.